The van der Waals surface area contributed by atoms with Crippen molar-refractivity contribution >= 4 is 11.8 Å². The lowest BCUT2D eigenvalue weighted by atomic mass is 10.1. The summed E-state index contributed by atoms with van der Waals surface area (Å²) in [5, 5.41) is 5.59. The van der Waals surface area contributed by atoms with E-state index in [9.17, 15) is 9.59 Å². The van der Waals surface area contributed by atoms with Crippen molar-refractivity contribution in [2.24, 2.45) is 22.9 Å². The number of hydrogen-bond acceptors (Lipinski definition) is 7. The first-order valence-corrected chi connectivity index (χ1v) is 8.57. The molecule has 2 amide bonds. The predicted molar refractivity (Wildman–Crippen MR) is 96.0 cm³/mol. The molecule has 0 heterocycles. The van der Waals surface area contributed by atoms with Gasteiger partial charge >= 0.3 is 0 Å². The number of hydrogen-bond donors (Lipinski definition) is 6. The minimum Gasteiger partial charge on any atom is -0.353 e. The van der Waals surface area contributed by atoms with Crippen molar-refractivity contribution in [1.82, 2.24) is 15.5 Å². The van der Waals surface area contributed by atoms with Crippen molar-refractivity contribution in [2.45, 2.75) is 37.8 Å². The molecule has 0 aromatic rings. The molecule has 0 bridgehead atoms. The standard InChI is InChI=1S/C15H35N7O2/c1-22(10-8-20-14(23)12(18)4-2-6-16)11-9-21-15(24)13(19)5-3-7-17/h12-13H,2-11,16-19H2,1H3,(H,20,23)(H,21,24). The zero-order chi connectivity index (χ0) is 18.4. The zero-order valence-electron chi connectivity index (χ0n) is 14.8. The maximum Gasteiger partial charge on any atom is 0.236 e. The van der Waals surface area contributed by atoms with Crippen molar-refractivity contribution in [2.75, 3.05) is 46.3 Å². The lowest BCUT2D eigenvalue weighted by Crippen LogP contribution is -2.45. The van der Waals surface area contributed by atoms with E-state index >= 15 is 0 Å². The third-order valence-corrected chi connectivity index (χ3v) is 3.70. The van der Waals surface area contributed by atoms with E-state index in [1.54, 1.807) is 0 Å². The first-order valence-electron chi connectivity index (χ1n) is 8.57. The number of nitrogens with two attached hydrogens (primary N) is 4. The molecule has 24 heavy (non-hydrogen) atoms. The van der Waals surface area contributed by atoms with Gasteiger partial charge in [-0.1, -0.05) is 0 Å². The molecule has 0 rings (SSSR count). The van der Waals surface area contributed by atoms with Crippen molar-refractivity contribution in [1.29, 1.82) is 0 Å². The van der Waals surface area contributed by atoms with Crippen LogP contribution in [0.1, 0.15) is 25.7 Å². The quantitative estimate of drug-likeness (QED) is 0.199. The van der Waals surface area contributed by atoms with Gasteiger partial charge in [-0.25, -0.2) is 0 Å². The van der Waals surface area contributed by atoms with Crippen molar-refractivity contribution in [3.05, 3.63) is 0 Å². The summed E-state index contributed by atoms with van der Waals surface area (Å²) in [5.41, 5.74) is 22.3. The van der Waals surface area contributed by atoms with Gasteiger partial charge in [0.1, 0.15) is 0 Å². The average Bonchev–Trinajstić information content (AvgIpc) is 2.56. The fraction of sp³-hybridized carbons (Fsp3) is 0.867. The number of nitrogens with one attached hydrogen (secondary N) is 2. The number of rotatable bonds is 14. The molecular formula is C15H35N7O2. The minimum atomic E-state index is -0.506. The van der Waals surface area contributed by atoms with Gasteiger partial charge in [-0.3, -0.25) is 9.59 Å². The number of likely N-dealkylation sites (N-methyl/N-ethyl adjacent to an activating group) is 1. The monoisotopic (exact) mass is 345 g/mol. The van der Waals surface area contributed by atoms with E-state index in [4.69, 9.17) is 22.9 Å². The minimum absolute atomic E-state index is 0.156. The topological polar surface area (TPSA) is 166 Å². The fourth-order valence-corrected chi connectivity index (χ4v) is 2.05. The fourth-order valence-electron chi connectivity index (χ4n) is 2.05. The lowest BCUT2D eigenvalue weighted by molar-refractivity contribution is -0.123. The molecule has 0 radical (unpaired) electrons. The Bertz CT molecular complexity index is 323. The summed E-state index contributed by atoms with van der Waals surface area (Å²) < 4.78 is 0. The zero-order valence-corrected chi connectivity index (χ0v) is 14.8. The van der Waals surface area contributed by atoms with Crippen LogP contribution in [0.3, 0.4) is 0 Å². The van der Waals surface area contributed by atoms with E-state index in [1.807, 2.05) is 11.9 Å². The van der Waals surface area contributed by atoms with E-state index in [0.717, 1.165) is 12.8 Å². The Morgan fingerprint density at radius 1 is 0.875 bits per heavy atom. The SMILES string of the molecule is CN(CCNC(=O)C(N)CCCN)CCNC(=O)C(N)CCCN. The summed E-state index contributed by atoms with van der Waals surface area (Å²) in [6.07, 6.45) is 2.66. The van der Waals surface area contributed by atoms with E-state index < -0.39 is 12.1 Å². The van der Waals surface area contributed by atoms with Crippen LogP contribution in [0.2, 0.25) is 0 Å². The molecule has 142 valence electrons. The Hall–Kier alpha value is -1.26. The molecule has 0 aromatic heterocycles. The van der Waals surface area contributed by atoms with Gasteiger partial charge in [-0.05, 0) is 45.8 Å². The first-order chi connectivity index (χ1) is 11.4. The summed E-state index contributed by atoms with van der Waals surface area (Å²) >= 11 is 0. The summed E-state index contributed by atoms with van der Waals surface area (Å²) in [6, 6.07) is -1.01. The van der Waals surface area contributed by atoms with Gasteiger partial charge in [0.15, 0.2) is 0 Å². The normalized spacial score (nSPS) is 13.6. The molecule has 0 aromatic carbocycles. The lowest BCUT2D eigenvalue weighted by Gasteiger charge is -2.19. The van der Waals surface area contributed by atoms with Crippen molar-refractivity contribution in [3.63, 3.8) is 0 Å². The highest BCUT2D eigenvalue weighted by atomic mass is 16.2. The second kappa shape index (κ2) is 14.1. The third-order valence-electron chi connectivity index (χ3n) is 3.70. The number of nitrogens with zero attached hydrogens (tertiary/aromatic N) is 1. The van der Waals surface area contributed by atoms with Gasteiger partial charge in [-0.2, -0.15) is 0 Å². The molecule has 0 spiro atoms. The van der Waals surface area contributed by atoms with Crippen LogP contribution < -0.4 is 33.6 Å². The third kappa shape index (κ3) is 11.3. The molecule has 0 aliphatic carbocycles. The van der Waals surface area contributed by atoms with E-state index in [0.29, 0.717) is 52.1 Å². The Morgan fingerprint density at radius 3 is 1.58 bits per heavy atom. The first kappa shape index (κ1) is 22.7. The number of carbonyl (C=O) groups is 2. The molecule has 0 fully saturated rings. The highest BCUT2D eigenvalue weighted by Crippen LogP contribution is 1.93. The maximum atomic E-state index is 11.7. The van der Waals surface area contributed by atoms with Gasteiger partial charge in [0.2, 0.25) is 11.8 Å². The molecule has 2 atom stereocenters. The van der Waals surface area contributed by atoms with Gasteiger partial charge < -0.3 is 38.5 Å². The van der Waals surface area contributed by atoms with E-state index in [-0.39, 0.29) is 11.8 Å². The summed E-state index contributed by atoms with van der Waals surface area (Å²) in [6.45, 7) is 3.43. The summed E-state index contributed by atoms with van der Waals surface area (Å²) in [5.74, 6) is -0.313. The molecular weight excluding hydrogens is 310 g/mol. The molecule has 0 aliphatic rings. The Balaban J connectivity index is 3.74. The number of carbonyl (C=O) groups excluding carboxylic acids is 2. The second-order valence-corrected chi connectivity index (χ2v) is 5.96. The Labute approximate surface area is 144 Å². The summed E-state index contributed by atoms with van der Waals surface area (Å²) in [4.78, 5) is 25.5. The highest BCUT2D eigenvalue weighted by Gasteiger charge is 2.13. The molecule has 9 heteroatoms. The van der Waals surface area contributed by atoms with Crippen molar-refractivity contribution < 1.29 is 9.59 Å². The molecule has 0 aliphatic heterocycles. The van der Waals surface area contributed by atoms with Crippen molar-refractivity contribution in [3.8, 4) is 0 Å². The predicted octanol–water partition coefficient (Wildman–Crippen LogP) is -2.72. The smallest absolute Gasteiger partial charge is 0.236 e. The van der Waals surface area contributed by atoms with Crippen LogP contribution in [0, 0.1) is 0 Å². The molecule has 0 saturated carbocycles. The molecule has 9 nitrogen and oxygen atoms in total. The van der Waals surface area contributed by atoms with Gasteiger partial charge in [0, 0.05) is 26.2 Å². The molecule has 10 N–H and O–H groups in total. The van der Waals surface area contributed by atoms with Crippen LogP contribution in [0.5, 0.6) is 0 Å². The molecule has 2 unspecified atom stereocenters. The van der Waals surface area contributed by atoms with Crippen LogP contribution in [-0.2, 0) is 9.59 Å². The Morgan fingerprint density at radius 2 is 1.25 bits per heavy atom. The molecule has 0 saturated heterocycles. The average molecular weight is 345 g/mol. The van der Waals surface area contributed by atoms with Gasteiger partial charge in [0.25, 0.3) is 0 Å². The van der Waals surface area contributed by atoms with Crippen LogP contribution in [0.25, 0.3) is 0 Å². The second-order valence-electron chi connectivity index (χ2n) is 5.96. The maximum absolute atomic E-state index is 11.7. The summed E-state index contributed by atoms with van der Waals surface area (Å²) in [7, 11) is 1.92. The van der Waals surface area contributed by atoms with E-state index in [1.165, 1.54) is 0 Å². The van der Waals surface area contributed by atoms with Crippen LogP contribution in [0.15, 0.2) is 0 Å². The van der Waals surface area contributed by atoms with Gasteiger partial charge in [-0.15, -0.1) is 0 Å². The van der Waals surface area contributed by atoms with E-state index in [2.05, 4.69) is 10.6 Å². The largest absolute Gasteiger partial charge is 0.353 e. The van der Waals surface area contributed by atoms with Crippen LogP contribution in [-0.4, -0.2) is 75.1 Å². The van der Waals surface area contributed by atoms with Crippen LogP contribution in [0.4, 0.5) is 0 Å². The highest BCUT2D eigenvalue weighted by molar-refractivity contribution is 5.81. The van der Waals surface area contributed by atoms with Gasteiger partial charge in [0.05, 0.1) is 12.1 Å². The van der Waals surface area contributed by atoms with Crippen LogP contribution >= 0.6 is 0 Å². The number of amides is 2. The Kier molecular flexibility index (Phi) is 13.4.